The predicted molar refractivity (Wildman–Crippen MR) is 91.8 cm³/mol. The van der Waals surface area contributed by atoms with Crippen molar-refractivity contribution in [3.8, 4) is 0 Å². The average Bonchev–Trinajstić information content (AvgIpc) is 2.30. The molecule has 0 fully saturated rings. The largest absolute Gasteiger partial charge is 0.136 e. The molecule has 0 aliphatic carbocycles. The lowest BCUT2D eigenvalue weighted by molar-refractivity contribution is 0.503. The van der Waals surface area contributed by atoms with E-state index < -0.39 is 0 Å². The number of thiocarbonyl (C=S) groups is 1. The Labute approximate surface area is 126 Å². The molecule has 0 aromatic heterocycles. The summed E-state index contributed by atoms with van der Waals surface area (Å²) in [6.45, 7) is 6.82. The van der Waals surface area contributed by atoms with Gasteiger partial charge in [-0.25, -0.2) is 0 Å². The summed E-state index contributed by atoms with van der Waals surface area (Å²) in [7, 11) is 0. The molecule has 108 valence electrons. The summed E-state index contributed by atoms with van der Waals surface area (Å²) in [4.78, 5) is 0. The lowest BCUT2D eigenvalue weighted by atomic mass is 10.0. The highest BCUT2D eigenvalue weighted by atomic mass is 32.1. The van der Waals surface area contributed by atoms with Crippen LogP contribution in [0.5, 0.6) is 0 Å². The second-order valence-corrected chi connectivity index (χ2v) is 7.26. The van der Waals surface area contributed by atoms with Crippen LogP contribution >= 0.6 is 24.8 Å². The number of unbranched alkanes of at least 4 members (excludes halogenated alkanes) is 7. The topological polar surface area (TPSA) is 0 Å². The van der Waals surface area contributed by atoms with E-state index in [1.807, 2.05) is 0 Å². The maximum Gasteiger partial charge on any atom is 0.0476 e. The van der Waals surface area contributed by atoms with Gasteiger partial charge in [-0.2, -0.15) is 0 Å². The van der Waals surface area contributed by atoms with Gasteiger partial charge in [0, 0.05) is 4.20 Å². The highest BCUT2D eigenvalue weighted by Crippen LogP contribution is 2.16. The van der Waals surface area contributed by atoms with E-state index >= 15 is 0 Å². The number of rotatable bonds is 12. The van der Waals surface area contributed by atoms with Gasteiger partial charge in [-0.05, 0) is 18.3 Å². The van der Waals surface area contributed by atoms with E-state index in [1.165, 1.54) is 64.2 Å². The Kier molecular flexibility index (Phi) is 12.8. The Morgan fingerprint density at radius 2 is 1.17 bits per heavy atom. The fourth-order valence-electron chi connectivity index (χ4n) is 2.19. The van der Waals surface area contributed by atoms with Crippen LogP contribution in [-0.4, -0.2) is 4.20 Å². The minimum atomic E-state index is 0.513. The van der Waals surface area contributed by atoms with Gasteiger partial charge in [0.05, 0.1) is 0 Å². The van der Waals surface area contributed by atoms with Crippen molar-refractivity contribution in [1.29, 1.82) is 0 Å². The molecule has 1 atom stereocenters. The van der Waals surface area contributed by atoms with Gasteiger partial charge in [0.2, 0.25) is 0 Å². The lowest BCUT2D eigenvalue weighted by Gasteiger charge is -2.08. The van der Waals surface area contributed by atoms with E-state index in [-0.39, 0.29) is 0 Å². The van der Waals surface area contributed by atoms with E-state index in [2.05, 4.69) is 33.4 Å². The van der Waals surface area contributed by atoms with Crippen LogP contribution < -0.4 is 0 Å². The molecule has 0 amide bonds. The van der Waals surface area contributed by atoms with Crippen molar-refractivity contribution in [2.75, 3.05) is 0 Å². The van der Waals surface area contributed by atoms with Crippen LogP contribution in [0.15, 0.2) is 0 Å². The van der Waals surface area contributed by atoms with Crippen LogP contribution in [0, 0.1) is 11.8 Å². The summed E-state index contributed by atoms with van der Waals surface area (Å²) in [6, 6.07) is 0. The van der Waals surface area contributed by atoms with E-state index in [0.717, 1.165) is 10.1 Å². The first kappa shape index (κ1) is 18.4. The molecule has 0 saturated heterocycles. The van der Waals surface area contributed by atoms with Crippen molar-refractivity contribution >= 4 is 29.0 Å². The average molecular weight is 289 g/mol. The van der Waals surface area contributed by atoms with Crippen LogP contribution in [0.1, 0.15) is 85.0 Å². The van der Waals surface area contributed by atoms with Gasteiger partial charge in [-0.15, -0.1) is 12.6 Å². The van der Waals surface area contributed by atoms with Crippen LogP contribution in [0.4, 0.5) is 0 Å². The van der Waals surface area contributed by atoms with Crippen molar-refractivity contribution in [2.24, 2.45) is 11.8 Å². The van der Waals surface area contributed by atoms with Gasteiger partial charge in [-0.1, -0.05) is 90.8 Å². The zero-order valence-corrected chi connectivity index (χ0v) is 14.3. The summed E-state index contributed by atoms with van der Waals surface area (Å²) in [5, 5.41) is 0. The zero-order valence-electron chi connectivity index (χ0n) is 12.6. The van der Waals surface area contributed by atoms with Crippen LogP contribution in [0.25, 0.3) is 0 Å². The molecule has 18 heavy (non-hydrogen) atoms. The summed E-state index contributed by atoms with van der Waals surface area (Å²) < 4.78 is 0.875. The minimum absolute atomic E-state index is 0.513. The van der Waals surface area contributed by atoms with Crippen molar-refractivity contribution in [1.82, 2.24) is 0 Å². The maximum absolute atomic E-state index is 5.06. The number of hydrogen-bond donors (Lipinski definition) is 1. The smallest absolute Gasteiger partial charge is 0.0476 e. The summed E-state index contributed by atoms with van der Waals surface area (Å²) >= 11 is 9.29. The molecule has 0 spiro atoms. The highest BCUT2D eigenvalue weighted by Gasteiger charge is 2.03. The molecule has 0 saturated carbocycles. The van der Waals surface area contributed by atoms with Gasteiger partial charge in [0.15, 0.2) is 0 Å². The zero-order chi connectivity index (χ0) is 13.8. The van der Waals surface area contributed by atoms with Crippen molar-refractivity contribution in [3.05, 3.63) is 0 Å². The van der Waals surface area contributed by atoms with E-state index in [1.54, 1.807) is 0 Å². The van der Waals surface area contributed by atoms with Gasteiger partial charge in [0.1, 0.15) is 0 Å². The Hall–Kier alpha value is 0.440. The first-order valence-electron chi connectivity index (χ1n) is 7.76. The molecule has 0 aromatic carbocycles. The van der Waals surface area contributed by atoms with Crippen molar-refractivity contribution < 1.29 is 0 Å². The molecule has 0 radical (unpaired) electrons. The lowest BCUT2D eigenvalue weighted by Crippen LogP contribution is -2.00. The molecule has 0 aromatic rings. The number of hydrogen-bond acceptors (Lipinski definition) is 1. The SMILES string of the molecule is CC(C)CCCCCCCCCCC(C)C(=S)S. The Morgan fingerprint density at radius 1 is 0.778 bits per heavy atom. The fourth-order valence-corrected chi connectivity index (χ4v) is 2.43. The second kappa shape index (κ2) is 12.5. The molecule has 2 heteroatoms. The molecular formula is C16H32S2. The van der Waals surface area contributed by atoms with Crippen LogP contribution in [0.2, 0.25) is 0 Å². The van der Waals surface area contributed by atoms with E-state index in [9.17, 15) is 0 Å². The van der Waals surface area contributed by atoms with Gasteiger partial charge >= 0.3 is 0 Å². The third kappa shape index (κ3) is 12.9. The Bertz CT molecular complexity index is 199. The molecule has 0 rings (SSSR count). The summed E-state index contributed by atoms with van der Waals surface area (Å²) in [5.41, 5.74) is 0. The van der Waals surface area contributed by atoms with Gasteiger partial charge < -0.3 is 0 Å². The molecule has 0 nitrogen and oxygen atoms in total. The van der Waals surface area contributed by atoms with E-state index in [0.29, 0.717) is 5.92 Å². The molecule has 0 N–H and O–H groups in total. The van der Waals surface area contributed by atoms with Gasteiger partial charge in [-0.3, -0.25) is 0 Å². The molecule has 1 unspecified atom stereocenters. The van der Waals surface area contributed by atoms with Crippen molar-refractivity contribution in [2.45, 2.75) is 85.0 Å². The molecule has 0 heterocycles. The highest BCUT2D eigenvalue weighted by molar-refractivity contribution is 8.11. The Balaban J connectivity index is 3.10. The quantitative estimate of drug-likeness (QED) is 0.245. The summed E-state index contributed by atoms with van der Waals surface area (Å²) in [5.74, 6) is 1.39. The third-order valence-electron chi connectivity index (χ3n) is 3.59. The molecule has 0 aliphatic heterocycles. The van der Waals surface area contributed by atoms with Crippen LogP contribution in [-0.2, 0) is 0 Å². The minimum Gasteiger partial charge on any atom is -0.136 e. The van der Waals surface area contributed by atoms with Crippen LogP contribution in [0.3, 0.4) is 0 Å². The normalized spacial score (nSPS) is 12.9. The van der Waals surface area contributed by atoms with E-state index in [4.69, 9.17) is 12.2 Å². The number of thiol groups is 1. The van der Waals surface area contributed by atoms with Gasteiger partial charge in [0.25, 0.3) is 0 Å². The summed E-state index contributed by atoms with van der Waals surface area (Å²) in [6.07, 6.45) is 13.8. The molecule has 0 bridgehead atoms. The second-order valence-electron chi connectivity index (χ2n) is 6.04. The standard InChI is InChI=1S/C16H32S2/c1-14(2)12-10-8-6-4-5-7-9-11-13-15(3)16(17)18/h14-15H,4-13H2,1-3H3,(H,17,18). The maximum atomic E-state index is 5.06. The predicted octanol–water partition coefficient (Wildman–Crippen LogP) is 6.44. The Morgan fingerprint density at radius 3 is 1.56 bits per heavy atom. The third-order valence-corrected chi connectivity index (χ3v) is 4.43. The molecule has 0 aliphatic rings. The van der Waals surface area contributed by atoms with Crippen molar-refractivity contribution in [3.63, 3.8) is 0 Å². The monoisotopic (exact) mass is 288 g/mol. The molecular weight excluding hydrogens is 256 g/mol. The fraction of sp³-hybridized carbons (Fsp3) is 0.938. The first-order chi connectivity index (χ1) is 8.54. The first-order valence-corrected chi connectivity index (χ1v) is 8.62.